The van der Waals surface area contributed by atoms with Gasteiger partial charge in [-0.1, -0.05) is 13.0 Å². The molecule has 1 aromatic rings. The van der Waals surface area contributed by atoms with Gasteiger partial charge < -0.3 is 9.64 Å². The van der Waals surface area contributed by atoms with Crippen LogP contribution in [-0.2, 0) is 16.0 Å². The van der Waals surface area contributed by atoms with E-state index in [1.165, 1.54) is 0 Å². The Kier molecular flexibility index (Phi) is 6.67. The number of ether oxygens (including phenoxy) is 1. The summed E-state index contributed by atoms with van der Waals surface area (Å²) in [5.74, 6) is 0.253. The molecule has 0 aliphatic carbocycles. The Morgan fingerprint density at radius 3 is 3.00 bits per heavy atom. The van der Waals surface area contributed by atoms with Crippen LogP contribution >= 0.6 is 0 Å². The van der Waals surface area contributed by atoms with Crippen molar-refractivity contribution in [2.24, 2.45) is 0 Å². The van der Waals surface area contributed by atoms with Gasteiger partial charge in [0.1, 0.15) is 0 Å². The minimum absolute atomic E-state index is 0.253. The van der Waals surface area contributed by atoms with Crippen molar-refractivity contribution in [3.8, 4) is 0 Å². The van der Waals surface area contributed by atoms with Crippen molar-refractivity contribution in [2.45, 2.75) is 51.6 Å². The van der Waals surface area contributed by atoms with Gasteiger partial charge in [-0.15, -0.1) is 0 Å². The van der Waals surface area contributed by atoms with E-state index in [1.807, 2.05) is 23.1 Å². The summed E-state index contributed by atoms with van der Waals surface area (Å²) in [6.45, 7) is 4.56. The van der Waals surface area contributed by atoms with Crippen molar-refractivity contribution >= 4 is 5.91 Å². The van der Waals surface area contributed by atoms with Gasteiger partial charge in [0.15, 0.2) is 0 Å². The van der Waals surface area contributed by atoms with Crippen molar-refractivity contribution in [2.75, 3.05) is 19.7 Å². The Balaban J connectivity index is 1.77. The number of aromatic nitrogens is 1. The predicted octanol–water partition coefficient (Wildman–Crippen LogP) is 2.82. The highest BCUT2D eigenvalue weighted by Crippen LogP contribution is 2.17. The molecule has 4 nitrogen and oxygen atoms in total. The Morgan fingerprint density at radius 2 is 2.33 bits per heavy atom. The van der Waals surface area contributed by atoms with Crippen molar-refractivity contribution < 1.29 is 9.53 Å². The number of amides is 1. The fraction of sp³-hybridized carbons (Fsp3) is 0.647. The first kappa shape index (κ1) is 16.0. The van der Waals surface area contributed by atoms with Crippen LogP contribution in [0.2, 0.25) is 0 Å². The third-order valence-electron chi connectivity index (χ3n) is 3.91. The Bertz CT molecular complexity index is 416. The summed E-state index contributed by atoms with van der Waals surface area (Å²) in [6.07, 6.45) is 7.63. The van der Waals surface area contributed by atoms with Crippen LogP contribution in [0, 0.1) is 0 Å². The molecule has 116 valence electrons. The number of hydrogen-bond donors (Lipinski definition) is 0. The molecule has 4 heteroatoms. The van der Waals surface area contributed by atoms with Crippen LogP contribution in [0.1, 0.15) is 44.7 Å². The van der Waals surface area contributed by atoms with E-state index in [0.717, 1.165) is 57.5 Å². The SMILES string of the molecule is CCCN(CCc1ccccn1)C(=O)CCC1CCCO1. The fourth-order valence-corrected chi connectivity index (χ4v) is 2.74. The van der Waals surface area contributed by atoms with Gasteiger partial charge in [-0.2, -0.15) is 0 Å². The van der Waals surface area contributed by atoms with Crippen LogP contribution in [0.5, 0.6) is 0 Å². The van der Waals surface area contributed by atoms with E-state index in [4.69, 9.17) is 4.74 Å². The van der Waals surface area contributed by atoms with E-state index < -0.39 is 0 Å². The Hall–Kier alpha value is -1.42. The third kappa shape index (κ3) is 5.46. The first-order valence-electron chi connectivity index (χ1n) is 8.09. The lowest BCUT2D eigenvalue weighted by Crippen LogP contribution is -2.34. The highest BCUT2D eigenvalue weighted by molar-refractivity contribution is 5.76. The molecule has 1 atom stereocenters. The second-order valence-corrected chi connectivity index (χ2v) is 5.63. The second kappa shape index (κ2) is 8.78. The van der Waals surface area contributed by atoms with Gasteiger partial charge in [-0.05, 0) is 37.8 Å². The Morgan fingerprint density at radius 1 is 1.43 bits per heavy atom. The molecule has 1 saturated heterocycles. The average Bonchev–Trinajstić information content (AvgIpc) is 3.03. The fourth-order valence-electron chi connectivity index (χ4n) is 2.74. The first-order valence-corrected chi connectivity index (χ1v) is 8.09. The summed E-state index contributed by atoms with van der Waals surface area (Å²) in [4.78, 5) is 18.7. The molecule has 2 heterocycles. The molecular weight excluding hydrogens is 264 g/mol. The highest BCUT2D eigenvalue weighted by atomic mass is 16.5. The van der Waals surface area contributed by atoms with Crippen LogP contribution in [0.4, 0.5) is 0 Å². The van der Waals surface area contributed by atoms with Crippen LogP contribution in [0.15, 0.2) is 24.4 Å². The van der Waals surface area contributed by atoms with Crippen molar-refractivity contribution in [1.29, 1.82) is 0 Å². The molecule has 1 fully saturated rings. The van der Waals surface area contributed by atoms with Crippen LogP contribution in [-0.4, -0.2) is 41.6 Å². The minimum atomic E-state index is 0.253. The van der Waals surface area contributed by atoms with Gasteiger partial charge >= 0.3 is 0 Å². The molecule has 1 unspecified atom stereocenters. The van der Waals surface area contributed by atoms with Crippen LogP contribution in [0.3, 0.4) is 0 Å². The van der Waals surface area contributed by atoms with Crippen molar-refractivity contribution in [3.05, 3.63) is 30.1 Å². The third-order valence-corrected chi connectivity index (χ3v) is 3.91. The maximum atomic E-state index is 12.4. The summed E-state index contributed by atoms with van der Waals surface area (Å²) in [7, 11) is 0. The van der Waals surface area contributed by atoms with Gasteiger partial charge in [0, 0.05) is 44.4 Å². The molecule has 0 aromatic carbocycles. The maximum absolute atomic E-state index is 12.4. The van der Waals surface area contributed by atoms with Crippen LogP contribution in [0.25, 0.3) is 0 Å². The molecule has 0 saturated carbocycles. The molecule has 1 aliphatic heterocycles. The van der Waals surface area contributed by atoms with E-state index in [0.29, 0.717) is 12.5 Å². The zero-order valence-electron chi connectivity index (χ0n) is 13.0. The number of rotatable bonds is 8. The number of nitrogens with zero attached hydrogens (tertiary/aromatic N) is 2. The zero-order valence-corrected chi connectivity index (χ0v) is 13.0. The van der Waals surface area contributed by atoms with E-state index >= 15 is 0 Å². The lowest BCUT2D eigenvalue weighted by atomic mass is 10.1. The van der Waals surface area contributed by atoms with E-state index in [2.05, 4.69) is 11.9 Å². The smallest absolute Gasteiger partial charge is 0.222 e. The number of carbonyl (C=O) groups excluding carboxylic acids is 1. The van der Waals surface area contributed by atoms with E-state index in [9.17, 15) is 4.79 Å². The van der Waals surface area contributed by atoms with Gasteiger partial charge in [0.2, 0.25) is 5.91 Å². The number of pyridine rings is 1. The summed E-state index contributed by atoms with van der Waals surface area (Å²) < 4.78 is 5.59. The van der Waals surface area contributed by atoms with Gasteiger partial charge in [0.05, 0.1) is 6.10 Å². The lowest BCUT2D eigenvalue weighted by molar-refractivity contribution is -0.131. The monoisotopic (exact) mass is 290 g/mol. The summed E-state index contributed by atoms with van der Waals surface area (Å²) in [5, 5.41) is 0. The number of carbonyl (C=O) groups is 1. The van der Waals surface area contributed by atoms with Crippen molar-refractivity contribution in [1.82, 2.24) is 9.88 Å². The summed E-state index contributed by atoms with van der Waals surface area (Å²) in [6, 6.07) is 5.92. The summed E-state index contributed by atoms with van der Waals surface area (Å²) >= 11 is 0. The molecule has 0 spiro atoms. The van der Waals surface area contributed by atoms with Gasteiger partial charge in [-0.3, -0.25) is 9.78 Å². The molecule has 0 bridgehead atoms. The van der Waals surface area contributed by atoms with Crippen molar-refractivity contribution in [3.63, 3.8) is 0 Å². The molecule has 21 heavy (non-hydrogen) atoms. The lowest BCUT2D eigenvalue weighted by Gasteiger charge is -2.22. The number of hydrogen-bond acceptors (Lipinski definition) is 3. The molecule has 2 rings (SSSR count). The van der Waals surface area contributed by atoms with Crippen LogP contribution < -0.4 is 0 Å². The Labute approximate surface area is 127 Å². The maximum Gasteiger partial charge on any atom is 0.222 e. The second-order valence-electron chi connectivity index (χ2n) is 5.63. The molecule has 0 N–H and O–H groups in total. The zero-order chi connectivity index (χ0) is 14.9. The predicted molar refractivity (Wildman–Crippen MR) is 83.0 cm³/mol. The van der Waals surface area contributed by atoms with Gasteiger partial charge in [-0.25, -0.2) is 0 Å². The molecule has 1 aliphatic rings. The molecule has 1 aromatic heterocycles. The highest BCUT2D eigenvalue weighted by Gasteiger charge is 2.19. The van der Waals surface area contributed by atoms with E-state index in [-0.39, 0.29) is 5.91 Å². The largest absolute Gasteiger partial charge is 0.378 e. The topological polar surface area (TPSA) is 42.4 Å². The average molecular weight is 290 g/mol. The minimum Gasteiger partial charge on any atom is -0.378 e. The standard InChI is InChI=1S/C17H26N2O2/c1-2-12-19(13-10-15-6-3-4-11-18-15)17(20)9-8-16-7-5-14-21-16/h3-4,6,11,16H,2,5,7-10,12-14H2,1H3. The van der Waals surface area contributed by atoms with Gasteiger partial charge in [0.25, 0.3) is 0 Å². The summed E-state index contributed by atoms with van der Waals surface area (Å²) in [5.41, 5.74) is 1.05. The van der Waals surface area contributed by atoms with E-state index in [1.54, 1.807) is 6.20 Å². The molecule has 0 radical (unpaired) electrons. The first-order chi connectivity index (χ1) is 10.3. The normalized spacial score (nSPS) is 17.9. The molecular formula is C17H26N2O2. The molecule has 1 amide bonds. The quantitative estimate of drug-likeness (QED) is 0.739.